The Bertz CT molecular complexity index is 458. The Kier molecular flexibility index (Phi) is 5.61. The van der Waals surface area contributed by atoms with E-state index in [1.165, 1.54) is 0 Å². The quantitative estimate of drug-likeness (QED) is 0.779. The molecule has 3 N–H and O–H groups in total. The number of hydrogen-bond donors (Lipinski definition) is 3. The monoisotopic (exact) mass is 294 g/mol. The van der Waals surface area contributed by atoms with Crippen LogP contribution in [-0.4, -0.2) is 33.6 Å². The standard InChI is InChI=1S/C15H26N4O2/c1-11(2)9-19-14(7-8-16-19)18-15(21)17-13-6-4-3-5-12(13)10-20/h7-8,11-13,20H,3-6,9-10H2,1-2H3,(H2,17,18,21). The number of hydrogen-bond acceptors (Lipinski definition) is 3. The van der Waals surface area contributed by atoms with Gasteiger partial charge in [0.05, 0.1) is 6.20 Å². The van der Waals surface area contributed by atoms with E-state index in [0.29, 0.717) is 11.7 Å². The number of aromatic nitrogens is 2. The Morgan fingerprint density at radius 3 is 2.95 bits per heavy atom. The number of anilines is 1. The van der Waals surface area contributed by atoms with Gasteiger partial charge in [-0.15, -0.1) is 0 Å². The summed E-state index contributed by atoms with van der Waals surface area (Å²) in [6.45, 7) is 5.13. The van der Waals surface area contributed by atoms with Gasteiger partial charge in [0.1, 0.15) is 5.82 Å². The van der Waals surface area contributed by atoms with Crippen molar-refractivity contribution >= 4 is 11.8 Å². The van der Waals surface area contributed by atoms with Crippen molar-refractivity contribution in [2.24, 2.45) is 11.8 Å². The van der Waals surface area contributed by atoms with Crippen LogP contribution in [0.4, 0.5) is 10.6 Å². The van der Waals surface area contributed by atoms with Crippen LogP contribution in [0, 0.1) is 11.8 Å². The van der Waals surface area contributed by atoms with Gasteiger partial charge in [-0.2, -0.15) is 5.10 Å². The molecule has 6 nitrogen and oxygen atoms in total. The summed E-state index contributed by atoms with van der Waals surface area (Å²) < 4.78 is 1.80. The third kappa shape index (κ3) is 4.46. The third-order valence-corrected chi connectivity index (χ3v) is 3.96. The summed E-state index contributed by atoms with van der Waals surface area (Å²) in [4.78, 5) is 12.1. The first-order valence-electron chi connectivity index (χ1n) is 7.80. The highest BCUT2D eigenvalue weighted by molar-refractivity contribution is 5.88. The summed E-state index contributed by atoms with van der Waals surface area (Å²) in [6.07, 6.45) is 5.84. The van der Waals surface area contributed by atoms with Gasteiger partial charge in [0, 0.05) is 31.2 Å². The van der Waals surface area contributed by atoms with Crippen LogP contribution in [0.3, 0.4) is 0 Å². The van der Waals surface area contributed by atoms with Gasteiger partial charge in [-0.3, -0.25) is 5.32 Å². The first-order valence-corrected chi connectivity index (χ1v) is 7.80. The first-order chi connectivity index (χ1) is 10.1. The van der Waals surface area contributed by atoms with Crippen LogP contribution in [0.5, 0.6) is 0 Å². The summed E-state index contributed by atoms with van der Waals surface area (Å²) in [5.74, 6) is 1.34. The van der Waals surface area contributed by atoms with Crippen LogP contribution in [-0.2, 0) is 6.54 Å². The van der Waals surface area contributed by atoms with Crippen LogP contribution in [0.25, 0.3) is 0 Å². The average Bonchev–Trinajstić information content (AvgIpc) is 2.85. The maximum absolute atomic E-state index is 12.1. The van der Waals surface area contributed by atoms with Gasteiger partial charge in [-0.25, -0.2) is 9.48 Å². The van der Waals surface area contributed by atoms with Crippen LogP contribution < -0.4 is 10.6 Å². The number of rotatable bonds is 5. The van der Waals surface area contributed by atoms with Crippen molar-refractivity contribution in [1.82, 2.24) is 15.1 Å². The minimum absolute atomic E-state index is 0.0604. The number of carbonyl (C=O) groups is 1. The molecule has 2 atom stereocenters. The van der Waals surface area contributed by atoms with Gasteiger partial charge >= 0.3 is 6.03 Å². The zero-order valence-electron chi connectivity index (χ0n) is 12.9. The molecule has 0 aromatic carbocycles. The van der Waals surface area contributed by atoms with Gasteiger partial charge in [0.15, 0.2) is 0 Å². The van der Waals surface area contributed by atoms with Gasteiger partial charge in [-0.1, -0.05) is 26.7 Å². The molecule has 1 fully saturated rings. The Hall–Kier alpha value is -1.56. The molecule has 118 valence electrons. The van der Waals surface area contributed by atoms with E-state index in [1.807, 2.05) is 0 Å². The second-order valence-corrected chi connectivity index (χ2v) is 6.22. The predicted octanol–water partition coefficient (Wildman–Crippen LogP) is 2.21. The molecule has 1 heterocycles. The van der Waals surface area contributed by atoms with Crippen LogP contribution in [0.15, 0.2) is 12.3 Å². The average molecular weight is 294 g/mol. The summed E-state index contributed by atoms with van der Waals surface area (Å²) in [5, 5.41) is 19.5. The van der Waals surface area contributed by atoms with Crippen molar-refractivity contribution in [3.8, 4) is 0 Å². The molecule has 21 heavy (non-hydrogen) atoms. The largest absolute Gasteiger partial charge is 0.396 e. The second-order valence-electron chi connectivity index (χ2n) is 6.22. The Labute approximate surface area is 125 Å². The number of urea groups is 1. The lowest BCUT2D eigenvalue weighted by Crippen LogP contribution is -2.45. The Morgan fingerprint density at radius 1 is 1.48 bits per heavy atom. The number of carbonyl (C=O) groups excluding carboxylic acids is 1. The maximum Gasteiger partial charge on any atom is 0.320 e. The van der Waals surface area contributed by atoms with E-state index >= 15 is 0 Å². The molecule has 1 aromatic rings. The summed E-state index contributed by atoms with van der Waals surface area (Å²) in [6, 6.07) is 1.64. The van der Waals surface area contributed by atoms with Crippen molar-refractivity contribution in [2.75, 3.05) is 11.9 Å². The number of nitrogens with zero attached hydrogens (tertiary/aromatic N) is 2. The van der Waals surface area contributed by atoms with E-state index in [-0.39, 0.29) is 24.6 Å². The first kappa shape index (κ1) is 15.8. The molecule has 1 aliphatic carbocycles. The fourth-order valence-electron chi connectivity index (χ4n) is 2.87. The Morgan fingerprint density at radius 2 is 2.24 bits per heavy atom. The van der Waals surface area contributed by atoms with Gasteiger partial charge < -0.3 is 10.4 Å². The van der Waals surface area contributed by atoms with Gasteiger partial charge in [0.25, 0.3) is 0 Å². The third-order valence-electron chi connectivity index (χ3n) is 3.96. The lowest BCUT2D eigenvalue weighted by atomic mass is 9.85. The van der Waals surface area contributed by atoms with Crippen molar-refractivity contribution in [3.63, 3.8) is 0 Å². The number of amides is 2. The van der Waals surface area contributed by atoms with E-state index in [4.69, 9.17) is 0 Å². The molecular formula is C15H26N4O2. The lowest BCUT2D eigenvalue weighted by molar-refractivity contribution is 0.156. The molecule has 6 heteroatoms. The summed E-state index contributed by atoms with van der Waals surface area (Å²) >= 11 is 0. The molecule has 1 saturated carbocycles. The van der Waals surface area contributed by atoms with E-state index in [0.717, 1.165) is 32.2 Å². The molecule has 1 aliphatic rings. The molecular weight excluding hydrogens is 268 g/mol. The molecule has 0 saturated heterocycles. The highest BCUT2D eigenvalue weighted by atomic mass is 16.3. The maximum atomic E-state index is 12.1. The smallest absolute Gasteiger partial charge is 0.320 e. The Balaban J connectivity index is 1.90. The zero-order chi connectivity index (χ0) is 15.2. The van der Waals surface area contributed by atoms with E-state index < -0.39 is 0 Å². The molecule has 2 unspecified atom stereocenters. The minimum atomic E-state index is -0.217. The molecule has 2 rings (SSSR count). The summed E-state index contributed by atoms with van der Waals surface area (Å²) in [7, 11) is 0. The van der Waals surface area contributed by atoms with Gasteiger partial charge in [0.2, 0.25) is 0 Å². The lowest BCUT2D eigenvalue weighted by Gasteiger charge is -2.30. The second kappa shape index (κ2) is 7.45. The van der Waals surface area contributed by atoms with E-state index in [2.05, 4.69) is 29.6 Å². The predicted molar refractivity (Wildman–Crippen MR) is 82.1 cm³/mol. The van der Waals surface area contributed by atoms with Crippen LogP contribution in [0.1, 0.15) is 39.5 Å². The number of aliphatic hydroxyl groups is 1. The zero-order valence-corrected chi connectivity index (χ0v) is 12.9. The molecule has 0 radical (unpaired) electrons. The molecule has 1 aromatic heterocycles. The van der Waals surface area contributed by atoms with Crippen molar-refractivity contribution < 1.29 is 9.90 Å². The summed E-state index contributed by atoms with van der Waals surface area (Å²) in [5.41, 5.74) is 0. The van der Waals surface area contributed by atoms with Crippen LogP contribution >= 0.6 is 0 Å². The fourth-order valence-corrected chi connectivity index (χ4v) is 2.87. The SMILES string of the molecule is CC(C)Cn1nccc1NC(=O)NC1CCCCC1CO. The number of aliphatic hydroxyl groups excluding tert-OH is 1. The molecule has 0 bridgehead atoms. The van der Waals surface area contributed by atoms with Crippen molar-refractivity contribution in [1.29, 1.82) is 0 Å². The van der Waals surface area contributed by atoms with Gasteiger partial charge in [-0.05, 0) is 18.8 Å². The normalized spacial score (nSPS) is 22.3. The van der Waals surface area contributed by atoms with Crippen molar-refractivity contribution in [3.05, 3.63) is 12.3 Å². The van der Waals surface area contributed by atoms with E-state index in [9.17, 15) is 9.90 Å². The van der Waals surface area contributed by atoms with Crippen molar-refractivity contribution in [2.45, 2.75) is 52.1 Å². The highest BCUT2D eigenvalue weighted by Gasteiger charge is 2.26. The molecule has 0 aliphatic heterocycles. The minimum Gasteiger partial charge on any atom is -0.396 e. The topological polar surface area (TPSA) is 79.2 Å². The number of nitrogens with one attached hydrogen (secondary N) is 2. The fraction of sp³-hybridized carbons (Fsp3) is 0.733. The van der Waals surface area contributed by atoms with Crippen LogP contribution in [0.2, 0.25) is 0 Å². The molecule has 0 spiro atoms. The highest BCUT2D eigenvalue weighted by Crippen LogP contribution is 2.24. The van der Waals surface area contributed by atoms with E-state index in [1.54, 1.807) is 16.9 Å². The molecule has 2 amide bonds.